The van der Waals surface area contributed by atoms with Crippen LogP contribution in [0.15, 0.2) is 34.5 Å². The number of nitriles is 1. The number of rotatable bonds is 4. The van der Waals surface area contributed by atoms with Gasteiger partial charge in [-0.05, 0) is 29.6 Å². The third kappa shape index (κ3) is 3.16. The Labute approximate surface area is 129 Å². The monoisotopic (exact) mass is 342 g/mol. The minimum absolute atomic E-state index is 0.0986. The van der Waals surface area contributed by atoms with Crippen LogP contribution in [0.2, 0.25) is 5.02 Å². The number of benzene rings is 1. The lowest BCUT2D eigenvalue weighted by Crippen LogP contribution is -2.15. The first kappa shape index (κ1) is 15.3. The third-order valence-corrected chi connectivity index (χ3v) is 5.22. The number of thiophene rings is 1. The van der Waals surface area contributed by atoms with Crippen LogP contribution in [0, 0.1) is 11.3 Å². The van der Waals surface area contributed by atoms with Gasteiger partial charge in [0.2, 0.25) is 0 Å². The van der Waals surface area contributed by atoms with E-state index in [1.54, 1.807) is 0 Å². The van der Waals surface area contributed by atoms with Crippen molar-refractivity contribution in [2.75, 3.05) is 4.72 Å². The van der Waals surface area contributed by atoms with Crippen molar-refractivity contribution in [3.8, 4) is 6.07 Å². The molecule has 1 aromatic carbocycles. The molecule has 9 heteroatoms. The van der Waals surface area contributed by atoms with Gasteiger partial charge in [-0.25, -0.2) is 13.2 Å². The number of halogens is 1. The fraction of sp³-hybridized carbons (Fsp3) is 0. The zero-order valence-electron chi connectivity index (χ0n) is 10.2. The molecule has 2 N–H and O–H groups in total. The summed E-state index contributed by atoms with van der Waals surface area (Å²) in [7, 11) is -4.04. The molecule has 0 spiro atoms. The first-order chi connectivity index (χ1) is 9.85. The molecule has 0 saturated carbocycles. The highest BCUT2D eigenvalue weighted by molar-refractivity contribution is 7.93. The van der Waals surface area contributed by atoms with Crippen LogP contribution in [-0.4, -0.2) is 19.5 Å². The number of sulfonamides is 1. The summed E-state index contributed by atoms with van der Waals surface area (Å²) in [4.78, 5) is 10.4. The smallest absolute Gasteiger partial charge is 0.347 e. The van der Waals surface area contributed by atoms with Crippen LogP contribution in [0.25, 0.3) is 0 Å². The Balaban J connectivity index is 2.38. The minimum atomic E-state index is -4.04. The van der Waals surface area contributed by atoms with Crippen molar-refractivity contribution in [1.29, 1.82) is 5.26 Å². The van der Waals surface area contributed by atoms with E-state index < -0.39 is 16.0 Å². The van der Waals surface area contributed by atoms with E-state index in [0.717, 1.165) is 11.3 Å². The van der Waals surface area contributed by atoms with Gasteiger partial charge in [0.25, 0.3) is 10.0 Å². The molecular formula is C12H7ClN2O4S2. The summed E-state index contributed by atoms with van der Waals surface area (Å²) in [5.74, 6) is -1.32. The minimum Gasteiger partial charge on any atom is -0.477 e. The zero-order chi connectivity index (χ0) is 15.6. The van der Waals surface area contributed by atoms with Crippen molar-refractivity contribution in [1.82, 2.24) is 0 Å². The Hall–Kier alpha value is -2.08. The highest BCUT2D eigenvalue weighted by Crippen LogP contribution is 2.26. The molecular weight excluding hydrogens is 336 g/mol. The molecule has 1 heterocycles. The van der Waals surface area contributed by atoms with Gasteiger partial charge in [0.1, 0.15) is 15.8 Å². The number of carboxylic acids is 1. The fourth-order valence-electron chi connectivity index (χ4n) is 1.54. The molecule has 21 heavy (non-hydrogen) atoms. The van der Waals surface area contributed by atoms with Crippen LogP contribution < -0.4 is 4.72 Å². The van der Waals surface area contributed by atoms with Crippen molar-refractivity contribution in [2.24, 2.45) is 0 Å². The summed E-state index contributed by atoms with van der Waals surface area (Å²) in [6.45, 7) is 0. The van der Waals surface area contributed by atoms with E-state index in [9.17, 15) is 13.2 Å². The lowest BCUT2D eigenvalue weighted by molar-refractivity contribution is 0.0698. The second kappa shape index (κ2) is 5.73. The second-order valence-electron chi connectivity index (χ2n) is 3.83. The zero-order valence-corrected chi connectivity index (χ0v) is 12.6. The summed E-state index contributed by atoms with van der Waals surface area (Å²) in [5, 5.41) is 19.2. The SMILES string of the molecule is N#Cc1ccc(NS(=O)(=O)c2ccsc2C(=O)O)cc1Cl. The van der Waals surface area contributed by atoms with Crippen LogP contribution in [0.4, 0.5) is 5.69 Å². The third-order valence-electron chi connectivity index (χ3n) is 2.45. The standard InChI is InChI=1S/C12H7ClN2O4S2/c13-9-5-8(2-1-7(9)6-14)15-21(18,19)10-3-4-20-11(10)12(16)17/h1-5,15H,(H,16,17). The van der Waals surface area contributed by atoms with Crippen molar-refractivity contribution < 1.29 is 18.3 Å². The molecule has 0 amide bonds. The molecule has 0 saturated heterocycles. The summed E-state index contributed by atoms with van der Waals surface area (Å²) in [6, 6.07) is 7.08. The number of nitrogens with zero attached hydrogens (tertiary/aromatic N) is 1. The lowest BCUT2D eigenvalue weighted by Gasteiger charge is -2.08. The van der Waals surface area contributed by atoms with Gasteiger partial charge in [-0.2, -0.15) is 5.26 Å². The normalized spacial score (nSPS) is 10.9. The van der Waals surface area contributed by atoms with Gasteiger partial charge in [-0.15, -0.1) is 11.3 Å². The van der Waals surface area contributed by atoms with E-state index in [0.29, 0.717) is 0 Å². The predicted molar refractivity (Wildman–Crippen MR) is 78.3 cm³/mol. The van der Waals surface area contributed by atoms with Gasteiger partial charge < -0.3 is 5.11 Å². The number of aromatic carboxylic acids is 1. The summed E-state index contributed by atoms with van der Waals surface area (Å²) >= 11 is 6.63. The molecule has 0 unspecified atom stereocenters. The number of hydrogen-bond acceptors (Lipinski definition) is 5. The van der Waals surface area contributed by atoms with E-state index in [-0.39, 0.29) is 26.0 Å². The Morgan fingerprint density at radius 3 is 2.67 bits per heavy atom. The van der Waals surface area contributed by atoms with Crippen LogP contribution in [0.5, 0.6) is 0 Å². The maximum absolute atomic E-state index is 12.2. The molecule has 0 aliphatic carbocycles. The van der Waals surface area contributed by atoms with Gasteiger partial charge in [-0.1, -0.05) is 11.6 Å². The average molecular weight is 343 g/mol. The number of carbonyl (C=O) groups is 1. The van der Waals surface area contributed by atoms with Crippen LogP contribution >= 0.6 is 22.9 Å². The molecule has 2 aromatic rings. The van der Waals surface area contributed by atoms with Crippen LogP contribution in [-0.2, 0) is 10.0 Å². The fourth-order valence-corrected chi connectivity index (χ4v) is 4.08. The second-order valence-corrected chi connectivity index (χ2v) is 6.81. The number of anilines is 1. The van der Waals surface area contributed by atoms with E-state index in [2.05, 4.69) is 4.72 Å². The molecule has 0 aliphatic rings. The highest BCUT2D eigenvalue weighted by atomic mass is 35.5. The van der Waals surface area contributed by atoms with Crippen molar-refractivity contribution in [3.05, 3.63) is 45.1 Å². The summed E-state index contributed by atoms with van der Waals surface area (Å²) in [5.41, 5.74) is 0.350. The topological polar surface area (TPSA) is 107 Å². The van der Waals surface area contributed by atoms with Gasteiger partial charge in [-0.3, -0.25) is 4.72 Å². The average Bonchev–Trinajstić information content (AvgIpc) is 2.88. The van der Waals surface area contributed by atoms with Crippen molar-refractivity contribution >= 4 is 44.6 Å². The van der Waals surface area contributed by atoms with Gasteiger partial charge in [0.15, 0.2) is 0 Å². The number of carboxylic acid groups (broad SMARTS) is 1. The molecule has 6 nitrogen and oxygen atoms in total. The molecule has 0 aliphatic heterocycles. The Bertz CT molecular complexity index is 852. The number of hydrogen-bond donors (Lipinski definition) is 2. The van der Waals surface area contributed by atoms with Crippen molar-refractivity contribution in [2.45, 2.75) is 4.90 Å². The molecule has 108 valence electrons. The first-order valence-corrected chi connectivity index (χ1v) is 8.12. The maximum Gasteiger partial charge on any atom is 0.347 e. The summed E-state index contributed by atoms with van der Waals surface area (Å²) in [6.07, 6.45) is 0. The highest BCUT2D eigenvalue weighted by Gasteiger charge is 2.24. The molecule has 0 bridgehead atoms. The maximum atomic E-state index is 12.2. The summed E-state index contributed by atoms with van der Waals surface area (Å²) < 4.78 is 26.6. The van der Waals surface area contributed by atoms with Gasteiger partial charge >= 0.3 is 5.97 Å². The van der Waals surface area contributed by atoms with E-state index in [4.69, 9.17) is 22.0 Å². The largest absolute Gasteiger partial charge is 0.477 e. The molecule has 2 rings (SSSR count). The van der Waals surface area contributed by atoms with E-state index in [1.807, 2.05) is 6.07 Å². The quantitative estimate of drug-likeness (QED) is 0.888. The lowest BCUT2D eigenvalue weighted by atomic mass is 10.2. The molecule has 0 fully saturated rings. The Kier molecular flexibility index (Phi) is 4.18. The van der Waals surface area contributed by atoms with Gasteiger partial charge in [0, 0.05) is 0 Å². The Morgan fingerprint density at radius 2 is 2.10 bits per heavy atom. The molecule has 0 atom stereocenters. The molecule has 0 radical (unpaired) electrons. The van der Waals surface area contributed by atoms with E-state index in [1.165, 1.54) is 29.6 Å². The number of nitrogens with one attached hydrogen (secondary N) is 1. The molecule has 1 aromatic heterocycles. The van der Waals surface area contributed by atoms with Crippen LogP contribution in [0.3, 0.4) is 0 Å². The van der Waals surface area contributed by atoms with Crippen LogP contribution in [0.1, 0.15) is 15.2 Å². The Morgan fingerprint density at radius 1 is 1.38 bits per heavy atom. The van der Waals surface area contributed by atoms with Crippen molar-refractivity contribution in [3.63, 3.8) is 0 Å². The van der Waals surface area contributed by atoms with Gasteiger partial charge in [0.05, 0.1) is 16.3 Å². The van der Waals surface area contributed by atoms with E-state index >= 15 is 0 Å². The predicted octanol–water partition coefficient (Wildman–Crippen LogP) is 2.77. The first-order valence-electron chi connectivity index (χ1n) is 5.38.